The van der Waals surface area contributed by atoms with Crippen LogP contribution in [0.25, 0.3) is 32.1 Å². The molecule has 3 fully saturated rings. The number of nitriles is 1. The van der Waals surface area contributed by atoms with Gasteiger partial charge in [-0.15, -0.1) is 11.3 Å². The fraction of sp³-hybridized carbons (Fsp3) is 0.500. The summed E-state index contributed by atoms with van der Waals surface area (Å²) in [6, 6.07) is 3.74. The Morgan fingerprint density at radius 1 is 1.20 bits per heavy atom. The van der Waals surface area contributed by atoms with E-state index < -0.39 is 30.4 Å². The van der Waals surface area contributed by atoms with Crippen molar-refractivity contribution >= 4 is 54.7 Å². The molecule has 4 aromatic rings. The molecular formula is C34H33ClF4N6O3S. The van der Waals surface area contributed by atoms with Gasteiger partial charge in [-0.05, 0) is 62.6 Å². The number of hydrogen-bond acceptors (Lipinski definition) is 10. The Labute approximate surface area is 288 Å². The van der Waals surface area contributed by atoms with Crippen LogP contribution >= 0.6 is 22.9 Å². The number of aromatic nitrogens is 2. The summed E-state index contributed by atoms with van der Waals surface area (Å²) in [6.07, 6.45) is 3.67. The summed E-state index contributed by atoms with van der Waals surface area (Å²) in [6.45, 7) is 1.74. The third-order valence-corrected chi connectivity index (χ3v) is 11.9. The normalized spacial score (nSPS) is 25.3. The summed E-state index contributed by atoms with van der Waals surface area (Å²) in [5, 5.41) is 10.2. The van der Waals surface area contributed by atoms with Gasteiger partial charge in [-0.3, -0.25) is 4.90 Å². The van der Waals surface area contributed by atoms with Crippen LogP contribution in [-0.4, -0.2) is 72.0 Å². The van der Waals surface area contributed by atoms with Crippen molar-refractivity contribution < 1.29 is 31.8 Å². The van der Waals surface area contributed by atoms with E-state index in [0.29, 0.717) is 38.3 Å². The summed E-state index contributed by atoms with van der Waals surface area (Å²) in [7, 11) is 0. The van der Waals surface area contributed by atoms with Gasteiger partial charge in [0.2, 0.25) is 0 Å². The van der Waals surface area contributed by atoms with Crippen molar-refractivity contribution in [2.75, 3.05) is 43.5 Å². The molecule has 3 saturated heterocycles. The van der Waals surface area contributed by atoms with Gasteiger partial charge >= 0.3 is 12.6 Å². The van der Waals surface area contributed by atoms with Gasteiger partial charge in [0.05, 0.1) is 38.4 Å². The number of nitrogens with zero attached hydrogens (tertiary/aromatic N) is 5. The second-order valence-electron chi connectivity index (χ2n) is 13.5. The summed E-state index contributed by atoms with van der Waals surface area (Å²) >= 11 is 7.91. The molecule has 258 valence electrons. The molecule has 2 aromatic heterocycles. The number of halogens is 5. The van der Waals surface area contributed by atoms with Gasteiger partial charge < -0.3 is 24.8 Å². The van der Waals surface area contributed by atoms with Crippen molar-refractivity contribution in [2.24, 2.45) is 5.92 Å². The van der Waals surface area contributed by atoms with Crippen LogP contribution in [0.3, 0.4) is 0 Å². The molecule has 8 rings (SSSR count). The predicted molar refractivity (Wildman–Crippen MR) is 179 cm³/mol. The minimum Gasteiger partial charge on any atom is -0.489 e. The highest BCUT2D eigenvalue weighted by molar-refractivity contribution is 7.23. The maximum absolute atomic E-state index is 17.2. The second-order valence-corrected chi connectivity index (χ2v) is 14.9. The van der Waals surface area contributed by atoms with Gasteiger partial charge in [0, 0.05) is 24.0 Å². The molecule has 4 aliphatic rings. The van der Waals surface area contributed by atoms with Gasteiger partial charge in [-0.1, -0.05) is 24.6 Å². The van der Waals surface area contributed by atoms with Crippen LogP contribution in [0.1, 0.15) is 51.0 Å². The first-order valence-electron chi connectivity index (χ1n) is 16.4. The lowest BCUT2D eigenvalue weighted by Crippen LogP contribution is -2.48. The number of anilines is 2. The Hall–Kier alpha value is -3.64. The first-order valence-corrected chi connectivity index (χ1v) is 17.6. The van der Waals surface area contributed by atoms with E-state index in [1.807, 2.05) is 11.0 Å². The summed E-state index contributed by atoms with van der Waals surface area (Å²) in [5.41, 5.74) is 5.71. The molecule has 2 unspecified atom stereocenters. The molecule has 2 N–H and O–H groups in total. The maximum atomic E-state index is 17.2. The van der Waals surface area contributed by atoms with Gasteiger partial charge in [-0.2, -0.15) is 24.0 Å². The number of hydrogen-bond donors (Lipinski definition) is 1. The number of nitrogen functional groups attached to an aromatic ring is 1. The minimum atomic E-state index is -3.01. The third kappa shape index (κ3) is 5.23. The van der Waals surface area contributed by atoms with E-state index in [1.165, 1.54) is 12.1 Å². The summed E-state index contributed by atoms with van der Waals surface area (Å²) in [4.78, 5) is 13.7. The average molecular weight is 717 g/mol. The molecule has 2 aromatic carbocycles. The van der Waals surface area contributed by atoms with E-state index >= 15 is 8.78 Å². The Balaban J connectivity index is 1.34. The van der Waals surface area contributed by atoms with E-state index in [1.54, 1.807) is 0 Å². The first-order chi connectivity index (χ1) is 23.6. The number of ether oxygens (including phenoxy) is 3. The van der Waals surface area contributed by atoms with Gasteiger partial charge in [0.1, 0.15) is 41.4 Å². The van der Waals surface area contributed by atoms with Crippen molar-refractivity contribution in [1.82, 2.24) is 14.9 Å². The number of benzene rings is 2. The highest BCUT2D eigenvalue weighted by Gasteiger charge is 2.48. The molecule has 6 heterocycles. The first kappa shape index (κ1) is 32.6. The molecule has 49 heavy (non-hydrogen) atoms. The van der Waals surface area contributed by atoms with Crippen LogP contribution in [0.4, 0.5) is 28.4 Å². The molecule has 9 nitrogen and oxygen atoms in total. The van der Waals surface area contributed by atoms with Gasteiger partial charge in [-0.25, -0.2) is 8.78 Å². The SMILES string of the molecule is C[C@H]1CN2CCC[C@@]2(COc2nc3c4c(c(Cl)c(-c5ccc(F)c6sc(N)c(C#N)c56)c(F)c4n2)OCC2C(OC(F)F)CCCCN32)C1. The Morgan fingerprint density at radius 3 is 2.84 bits per heavy atom. The standard InChI is InChI=1S/C34H33ClF4N6O3S/c1-16-11-34(8-4-9-44(34)13-16)15-47-33-42-27-24-28(46-14-20-21(48-32(38)39)5-2-3-10-45(20)31(24)43-33)25(35)23(26(27)37)17-6-7-19(36)29-22(17)18(12-40)30(41)49-29/h6-7,16,20-21,32H,2-5,8-11,13-15,41H2,1H3/t16-,20?,21?,34+/m1/s1. The van der Waals surface area contributed by atoms with Crippen LogP contribution in [-0.2, 0) is 4.74 Å². The fourth-order valence-electron chi connectivity index (χ4n) is 8.52. The quantitative estimate of drug-likeness (QED) is 0.203. The number of nitrogens with two attached hydrogens (primary N) is 1. The van der Waals surface area contributed by atoms with E-state index in [4.69, 9.17) is 36.5 Å². The number of rotatable bonds is 6. The molecule has 0 spiro atoms. The predicted octanol–water partition coefficient (Wildman–Crippen LogP) is 7.51. The molecule has 0 saturated carbocycles. The lowest BCUT2D eigenvalue weighted by molar-refractivity contribution is -0.170. The number of thiophene rings is 1. The van der Waals surface area contributed by atoms with E-state index in [0.717, 1.165) is 43.7 Å². The molecule has 0 radical (unpaired) electrons. The molecule has 4 atom stereocenters. The minimum absolute atomic E-state index is 0.00390. The van der Waals surface area contributed by atoms with Crippen LogP contribution in [0.2, 0.25) is 5.02 Å². The third-order valence-electron chi connectivity index (χ3n) is 10.5. The Morgan fingerprint density at radius 2 is 2.04 bits per heavy atom. The van der Waals surface area contributed by atoms with Crippen molar-refractivity contribution in [3.8, 4) is 29.0 Å². The van der Waals surface area contributed by atoms with Crippen LogP contribution in [0, 0.1) is 28.9 Å². The highest BCUT2D eigenvalue weighted by Crippen LogP contribution is 2.52. The molecular weight excluding hydrogens is 684 g/mol. The fourth-order valence-corrected chi connectivity index (χ4v) is 9.80. The maximum Gasteiger partial charge on any atom is 0.345 e. The second kappa shape index (κ2) is 12.3. The lowest BCUT2D eigenvalue weighted by atomic mass is 9.92. The summed E-state index contributed by atoms with van der Waals surface area (Å²) < 4.78 is 77.4. The van der Waals surface area contributed by atoms with Gasteiger partial charge in [0.15, 0.2) is 11.6 Å². The Bertz CT molecular complexity index is 2030. The van der Waals surface area contributed by atoms with Crippen LogP contribution < -0.4 is 20.1 Å². The molecule has 0 bridgehead atoms. The zero-order chi connectivity index (χ0) is 34.2. The smallest absolute Gasteiger partial charge is 0.345 e. The largest absolute Gasteiger partial charge is 0.489 e. The number of alkyl halides is 2. The highest BCUT2D eigenvalue weighted by atomic mass is 35.5. The zero-order valence-corrected chi connectivity index (χ0v) is 28.2. The van der Waals surface area contributed by atoms with Crippen molar-refractivity contribution in [3.05, 3.63) is 34.4 Å². The zero-order valence-electron chi connectivity index (χ0n) is 26.6. The molecule has 0 amide bonds. The van der Waals surface area contributed by atoms with Crippen LogP contribution in [0.15, 0.2) is 12.1 Å². The van der Waals surface area contributed by atoms with E-state index in [9.17, 15) is 14.0 Å². The van der Waals surface area contributed by atoms with E-state index in [2.05, 4.69) is 16.8 Å². The Kier molecular flexibility index (Phi) is 8.17. The monoisotopic (exact) mass is 716 g/mol. The topological polar surface area (TPSA) is 110 Å². The van der Waals surface area contributed by atoms with Crippen molar-refractivity contribution in [2.45, 2.75) is 69.7 Å². The molecule has 15 heteroatoms. The summed E-state index contributed by atoms with van der Waals surface area (Å²) in [5.74, 6) is -0.691. The average Bonchev–Trinajstić information content (AvgIpc) is 3.61. The van der Waals surface area contributed by atoms with Crippen LogP contribution in [0.5, 0.6) is 11.8 Å². The number of fused-ring (bicyclic) bond motifs is 4. The van der Waals surface area contributed by atoms with Crippen molar-refractivity contribution in [3.63, 3.8) is 0 Å². The molecule has 0 aliphatic carbocycles. The van der Waals surface area contributed by atoms with Crippen molar-refractivity contribution in [1.29, 1.82) is 5.26 Å². The van der Waals surface area contributed by atoms with Gasteiger partial charge in [0.25, 0.3) is 0 Å². The lowest BCUT2D eigenvalue weighted by Gasteiger charge is -2.34. The van der Waals surface area contributed by atoms with E-state index in [-0.39, 0.29) is 77.4 Å². The molecule has 4 aliphatic heterocycles.